The molecule has 156 valence electrons. The summed E-state index contributed by atoms with van der Waals surface area (Å²) >= 11 is 1.71. The molecule has 1 aliphatic rings. The van der Waals surface area contributed by atoms with Crippen LogP contribution in [0.2, 0.25) is 0 Å². The molecule has 0 atom stereocenters. The third-order valence-corrected chi connectivity index (χ3v) is 7.71. The molecule has 1 N–H and O–H groups in total. The van der Waals surface area contributed by atoms with Crippen molar-refractivity contribution in [1.29, 1.82) is 0 Å². The van der Waals surface area contributed by atoms with Crippen LogP contribution < -0.4 is 9.46 Å². The number of hydrogen-bond donors (Lipinski definition) is 1. The van der Waals surface area contributed by atoms with Crippen LogP contribution in [0.15, 0.2) is 58.8 Å². The van der Waals surface area contributed by atoms with Gasteiger partial charge in [-0.05, 0) is 72.3 Å². The number of ether oxygens (including phenoxy) is 1. The molecular formula is C22H22N2O4S2. The van der Waals surface area contributed by atoms with Crippen LogP contribution >= 0.6 is 11.3 Å². The van der Waals surface area contributed by atoms with Crippen molar-refractivity contribution in [3.05, 3.63) is 75.5 Å². The lowest BCUT2D eigenvalue weighted by molar-refractivity contribution is 0.0735. The average molecular weight is 443 g/mol. The Bertz CT molecular complexity index is 1180. The normalized spacial score (nSPS) is 13.6. The monoisotopic (exact) mass is 442 g/mol. The molecule has 8 heteroatoms. The Balaban J connectivity index is 1.58. The van der Waals surface area contributed by atoms with Gasteiger partial charge in [0.1, 0.15) is 5.75 Å². The number of nitrogens with zero attached hydrogens (tertiary/aromatic N) is 1. The number of methoxy groups -OCH3 is 1. The van der Waals surface area contributed by atoms with Crippen molar-refractivity contribution in [2.45, 2.75) is 24.8 Å². The minimum atomic E-state index is -3.85. The number of carbonyl (C=O) groups is 1. The molecule has 1 aliphatic heterocycles. The Morgan fingerprint density at radius 3 is 2.63 bits per heavy atom. The Morgan fingerprint density at radius 1 is 1.13 bits per heavy atom. The molecule has 0 saturated heterocycles. The average Bonchev–Trinajstić information content (AvgIpc) is 3.21. The Hall–Kier alpha value is -2.84. The molecule has 1 amide bonds. The zero-order chi connectivity index (χ0) is 21.3. The number of nitrogens with one attached hydrogen (secondary N) is 1. The van der Waals surface area contributed by atoms with Crippen molar-refractivity contribution in [2.75, 3.05) is 18.4 Å². The summed E-state index contributed by atoms with van der Waals surface area (Å²) in [4.78, 5) is 16.2. The summed E-state index contributed by atoms with van der Waals surface area (Å²) < 4.78 is 33.7. The van der Waals surface area contributed by atoms with Gasteiger partial charge in [0.2, 0.25) is 0 Å². The highest BCUT2D eigenvalue weighted by atomic mass is 32.2. The van der Waals surface area contributed by atoms with Crippen molar-refractivity contribution in [3.63, 3.8) is 0 Å². The van der Waals surface area contributed by atoms with E-state index in [2.05, 4.69) is 4.72 Å². The third-order valence-electron chi connectivity index (χ3n) is 5.16. The molecule has 0 aliphatic carbocycles. The predicted octanol–water partition coefficient (Wildman–Crippen LogP) is 4.06. The van der Waals surface area contributed by atoms with Crippen LogP contribution in [0.4, 0.5) is 5.69 Å². The first-order valence-corrected chi connectivity index (χ1v) is 11.9. The summed E-state index contributed by atoms with van der Waals surface area (Å²) in [5, 5.41) is 2.04. The van der Waals surface area contributed by atoms with E-state index in [0.717, 1.165) is 6.42 Å². The first-order chi connectivity index (χ1) is 14.4. The lowest BCUT2D eigenvalue weighted by Crippen LogP contribution is -2.35. The van der Waals surface area contributed by atoms with Gasteiger partial charge < -0.3 is 9.64 Å². The van der Waals surface area contributed by atoms with Crippen LogP contribution in [0.3, 0.4) is 0 Å². The van der Waals surface area contributed by atoms with Crippen molar-refractivity contribution >= 4 is 33.0 Å². The molecule has 30 heavy (non-hydrogen) atoms. The molecule has 0 fully saturated rings. The molecule has 2 heterocycles. The molecule has 0 spiro atoms. The third kappa shape index (κ3) is 4.06. The lowest BCUT2D eigenvalue weighted by Gasteiger charge is -2.27. The summed E-state index contributed by atoms with van der Waals surface area (Å²) in [5.74, 6) is 0.477. The maximum Gasteiger partial charge on any atom is 0.262 e. The van der Waals surface area contributed by atoms with E-state index in [-0.39, 0.29) is 10.8 Å². The topological polar surface area (TPSA) is 75.7 Å². The Labute approximate surface area is 180 Å². The Kier molecular flexibility index (Phi) is 5.53. The largest absolute Gasteiger partial charge is 0.497 e. The molecule has 3 aromatic rings. The quantitative estimate of drug-likeness (QED) is 0.646. The first kappa shape index (κ1) is 20.4. The minimum Gasteiger partial charge on any atom is -0.497 e. The fourth-order valence-corrected chi connectivity index (χ4v) is 5.72. The number of fused-ring (bicyclic) bond motifs is 1. The number of rotatable bonds is 5. The zero-order valence-corrected chi connectivity index (χ0v) is 18.3. The summed E-state index contributed by atoms with van der Waals surface area (Å²) in [6.07, 6.45) is 0.828. The number of anilines is 1. The molecule has 0 unspecified atom stereocenters. The van der Waals surface area contributed by atoms with E-state index in [9.17, 15) is 13.2 Å². The minimum absolute atomic E-state index is 0.0948. The maximum atomic E-state index is 13.1. The van der Waals surface area contributed by atoms with Crippen molar-refractivity contribution in [3.8, 4) is 5.75 Å². The number of aryl methyl sites for hydroxylation is 1. The first-order valence-electron chi connectivity index (χ1n) is 9.49. The van der Waals surface area contributed by atoms with Crippen molar-refractivity contribution in [2.24, 2.45) is 0 Å². The van der Waals surface area contributed by atoms with Crippen molar-refractivity contribution < 1.29 is 17.9 Å². The van der Waals surface area contributed by atoms with Gasteiger partial charge in [-0.2, -0.15) is 0 Å². The van der Waals surface area contributed by atoms with Crippen LogP contribution in [0.5, 0.6) is 5.75 Å². The van der Waals surface area contributed by atoms with E-state index >= 15 is 0 Å². The van der Waals surface area contributed by atoms with Gasteiger partial charge in [-0.15, -0.1) is 11.3 Å². The molecule has 0 radical (unpaired) electrons. The second-order valence-corrected chi connectivity index (χ2v) is 9.81. The van der Waals surface area contributed by atoms with E-state index in [1.54, 1.807) is 66.7 Å². The fourth-order valence-electron chi connectivity index (χ4n) is 3.50. The second kappa shape index (κ2) is 8.12. The molecule has 2 aromatic carbocycles. The van der Waals surface area contributed by atoms with E-state index in [4.69, 9.17) is 4.74 Å². The zero-order valence-electron chi connectivity index (χ0n) is 16.7. The molecule has 6 nitrogen and oxygen atoms in total. The predicted molar refractivity (Wildman–Crippen MR) is 118 cm³/mol. The van der Waals surface area contributed by atoms with E-state index in [0.29, 0.717) is 35.7 Å². The van der Waals surface area contributed by atoms with E-state index in [1.807, 2.05) is 11.4 Å². The lowest BCUT2D eigenvalue weighted by atomic mass is 10.1. The van der Waals surface area contributed by atoms with E-state index < -0.39 is 10.0 Å². The molecule has 4 rings (SSSR count). The molecular weight excluding hydrogens is 420 g/mol. The van der Waals surface area contributed by atoms with Crippen molar-refractivity contribution in [1.82, 2.24) is 4.90 Å². The van der Waals surface area contributed by atoms with E-state index in [1.165, 1.54) is 16.5 Å². The smallest absolute Gasteiger partial charge is 0.262 e. The van der Waals surface area contributed by atoms with Gasteiger partial charge >= 0.3 is 0 Å². The van der Waals surface area contributed by atoms with Gasteiger partial charge in [0.15, 0.2) is 0 Å². The molecule has 0 bridgehead atoms. The van der Waals surface area contributed by atoms with Crippen LogP contribution in [0.25, 0.3) is 0 Å². The summed E-state index contributed by atoms with van der Waals surface area (Å²) in [5.41, 5.74) is 2.54. The highest BCUT2D eigenvalue weighted by Gasteiger charge is 2.25. The van der Waals surface area contributed by atoms with Crippen LogP contribution in [-0.4, -0.2) is 32.9 Å². The summed E-state index contributed by atoms with van der Waals surface area (Å²) in [6.45, 7) is 2.90. The number of amides is 1. The number of carbonyl (C=O) groups excluding carboxylic acids is 1. The number of hydrogen-bond acceptors (Lipinski definition) is 5. The second-order valence-electron chi connectivity index (χ2n) is 7.16. The fraction of sp³-hybridized carbons (Fsp3) is 0.227. The summed E-state index contributed by atoms with van der Waals surface area (Å²) in [7, 11) is -2.30. The van der Waals surface area contributed by atoms with Gasteiger partial charge in [-0.25, -0.2) is 8.42 Å². The highest BCUT2D eigenvalue weighted by Crippen LogP contribution is 2.27. The maximum absolute atomic E-state index is 13.1. The number of thiophene rings is 1. The Morgan fingerprint density at radius 2 is 1.90 bits per heavy atom. The van der Waals surface area contributed by atoms with Crippen LogP contribution in [0, 0.1) is 6.92 Å². The number of benzene rings is 2. The molecule has 0 saturated carbocycles. The number of sulfonamides is 1. The van der Waals surface area contributed by atoms with Gasteiger partial charge in [0.25, 0.3) is 15.9 Å². The summed E-state index contributed by atoms with van der Waals surface area (Å²) in [6, 6.07) is 13.5. The van der Waals surface area contributed by atoms with Crippen LogP contribution in [0.1, 0.15) is 26.4 Å². The highest BCUT2D eigenvalue weighted by molar-refractivity contribution is 7.92. The van der Waals surface area contributed by atoms with Crippen LogP contribution in [-0.2, 0) is 23.0 Å². The SMILES string of the molecule is COc1ccc(NS(=O)(=O)c2cc(C(=O)N3CCc4sccc4C3)ccc2C)cc1. The van der Waals surface area contributed by atoms with Gasteiger partial charge in [0, 0.05) is 29.2 Å². The van der Waals surface area contributed by atoms with Gasteiger partial charge in [-0.1, -0.05) is 6.07 Å². The molecule has 1 aromatic heterocycles. The van der Waals surface area contributed by atoms with Gasteiger partial charge in [-0.3, -0.25) is 9.52 Å². The standard InChI is InChI=1S/C22H22N2O4S2/c1-15-3-4-16(22(25)24-11-9-20-17(14-24)10-12-29-20)13-21(15)30(26,27)23-18-5-7-19(28-2)8-6-18/h3-8,10,12-13,23H,9,11,14H2,1-2H3. The van der Waals surface area contributed by atoms with Gasteiger partial charge in [0.05, 0.1) is 12.0 Å².